The van der Waals surface area contributed by atoms with Gasteiger partial charge < -0.3 is 10.4 Å². The standard InChI is InChI=1S/C11H23NO/c1-4-10(2,3)9-11(13)5-7-12-8-6-11/h12-13H,4-9H2,1-3H3. The number of hydrogen-bond donors (Lipinski definition) is 2. The normalized spacial score (nSPS) is 23.1. The van der Waals surface area contributed by atoms with Gasteiger partial charge >= 0.3 is 0 Å². The van der Waals surface area contributed by atoms with Crippen LogP contribution in [0.3, 0.4) is 0 Å². The lowest BCUT2D eigenvalue weighted by Crippen LogP contribution is -2.44. The van der Waals surface area contributed by atoms with Crippen LogP contribution in [-0.4, -0.2) is 23.8 Å². The van der Waals surface area contributed by atoms with Crippen molar-refractivity contribution in [2.75, 3.05) is 13.1 Å². The highest BCUT2D eigenvalue weighted by molar-refractivity contribution is 4.88. The molecule has 2 N–H and O–H groups in total. The van der Waals surface area contributed by atoms with Gasteiger partial charge in [0.25, 0.3) is 0 Å². The number of piperidine rings is 1. The maximum atomic E-state index is 10.3. The number of nitrogens with one attached hydrogen (secondary N) is 1. The molecule has 0 bridgehead atoms. The van der Waals surface area contributed by atoms with Crippen molar-refractivity contribution < 1.29 is 5.11 Å². The second kappa shape index (κ2) is 3.97. The molecule has 2 heteroatoms. The summed E-state index contributed by atoms with van der Waals surface area (Å²) >= 11 is 0. The van der Waals surface area contributed by atoms with E-state index in [9.17, 15) is 5.11 Å². The third-order valence-electron chi connectivity index (χ3n) is 3.30. The largest absolute Gasteiger partial charge is 0.390 e. The van der Waals surface area contributed by atoms with Crippen LogP contribution in [0, 0.1) is 5.41 Å². The summed E-state index contributed by atoms with van der Waals surface area (Å²) in [5.74, 6) is 0. The topological polar surface area (TPSA) is 32.3 Å². The summed E-state index contributed by atoms with van der Waals surface area (Å²) in [5.41, 5.74) is -0.114. The summed E-state index contributed by atoms with van der Waals surface area (Å²) < 4.78 is 0. The number of hydrogen-bond acceptors (Lipinski definition) is 2. The average Bonchev–Trinajstić information content (AvgIpc) is 2.04. The Morgan fingerprint density at radius 2 is 1.85 bits per heavy atom. The molecule has 78 valence electrons. The van der Waals surface area contributed by atoms with Crippen molar-refractivity contribution in [2.45, 2.75) is 52.1 Å². The Morgan fingerprint density at radius 3 is 2.31 bits per heavy atom. The van der Waals surface area contributed by atoms with Crippen LogP contribution >= 0.6 is 0 Å². The van der Waals surface area contributed by atoms with Gasteiger partial charge in [-0.1, -0.05) is 27.2 Å². The second-order valence-electron chi connectivity index (χ2n) is 5.17. The predicted octanol–water partition coefficient (Wildman–Crippen LogP) is 1.93. The number of rotatable bonds is 3. The molecule has 1 heterocycles. The van der Waals surface area contributed by atoms with E-state index in [2.05, 4.69) is 26.1 Å². The molecule has 1 saturated heterocycles. The molecule has 1 fully saturated rings. The highest BCUT2D eigenvalue weighted by atomic mass is 16.3. The minimum absolute atomic E-state index is 0.284. The lowest BCUT2D eigenvalue weighted by atomic mass is 9.75. The Balaban J connectivity index is 2.49. The molecule has 0 aromatic rings. The summed E-state index contributed by atoms with van der Waals surface area (Å²) in [6.45, 7) is 8.62. The minimum Gasteiger partial charge on any atom is -0.390 e. The summed E-state index contributed by atoms with van der Waals surface area (Å²) in [7, 11) is 0. The van der Waals surface area contributed by atoms with E-state index in [1.807, 2.05) is 0 Å². The van der Waals surface area contributed by atoms with Crippen LogP contribution in [0.25, 0.3) is 0 Å². The first kappa shape index (κ1) is 11.0. The quantitative estimate of drug-likeness (QED) is 0.704. The fourth-order valence-electron chi connectivity index (χ4n) is 2.08. The van der Waals surface area contributed by atoms with Crippen molar-refractivity contribution in [1.82, 2.24) is 5.32 Å². The van der Waals surface area contributed by atoms with Crippen LogP contribution in [0.2, 0.25) is 0 Å². The summed E-state index contributed by atoms with van der Waals surface area (Å²) in [4.78, 5) is 0. The van der Waals surface area contributed by atoms with E-state index in [-0.39, 0.29) is 5.41 Å². The molecule has 0 spiro atoms. The van der Waals surface area contributed by atoms with E-state index in [0.717, 1.165) is 38.8 Å². The molecule has 0 unspecified atom stereocenters. The van der Waals surface area contributed by atoms with Gasteiger partial charge in [0, 0.05) is 0 Å². The van der Waals surface area contributed by atoms with Crippen LogP contribution in [-0.2, 0) is 0 Å². The van der Waals surface area contributed by atoms with Crippen molar-refractivity contribution in [2.24, 2.45) is 5.41 Å². The van der Waals surface area contributed by atoms with Crippen LogP contribution in [0.5, 0.6) is 0 Å². The van der Waals surface area contributed by atoms with E-state index in [1.165, 1.54) is 0 Å². The molecular weight excluding hydrogens is 162 g/mol. The van der Waals surface area contributed by atoms with Gasteiger partial charge in [-0.2, -0.15) is 0 Å². The van der Waals surface area contributed by atoms with Gasteiger partial charge in [0.05, 0.1) is 5.60 Å². The van der Waals surface area contributed by atoms with Gasteiger partial charge in [-0.25, -0.2) is 0 Å². The minimum atomic E-state index is -0.398. The van der Waals surface area contributed by atoms with Crippen LogP contribution in [0.15, 0.2) is 0 Å². The molecule has 2 nitrogen and oxygen atoms in total. The molecule has 0 amide bonds. The van der Waals surface area contributed by atoms with Gasteiger partial charge in [0.15, 0.2) is 0 Å². The SMILES string of the molecule is CCC(C)(C)CC1(O)CCNCC1. The Kier molecular flexibility index (Phi) is 3.36. The van der Waals surface area contributed by atoms with Crippen LogP contribution in [0.4, 0.5) is 0 Å². The van der Waals surface area contributed by atoms with Gasteiger partial charge in [0.1, 0.15) is 0 Å². The zero-order valence-corrected chi connectivity index (χ0v) is 9.19. The summed E-state index contributed by atoms with van der Waals surface area (Å²) in [6, 6.07) is 0. The first-order valence-corrected chi connectivity index (χ1v) is 5.41. The zero-order chi connectivity index (χ0) is 9.95. The monoisotopic (exact) mass is 185 g/mol. The molecule has 1 aliphatic heterocycles. The third-order valence-corrected chi connectivity index (χ3v) is 3.30. The highest BCUT2D eigenvalue weighted by Gasteiger charge is 2.34. The first-order chi connectivity index (χ1) is 5.97. The Bertz CT molecular complexity index is 159. The summed E-state index contributed by atoms with van der Waals surface area (Å²) in [6.07, 6.45) is 3.91. The average molecular weight is 185 g/mol. The molecule has 1 rings (SSSR count). The molecule has 0 saturated carbocycles. The van der Waals surface area contributed by atoms with Gasteiger partial charge in [-0.05, 0) is 37.8 Å². The van der Waals surface area contributed by atoms with Crippen molar-refractivity contribution in [3.8, 4) is 0 Å². The van der Waals surface area contributed by atoms with E-state index >= 15 is 0 Å². The molecule has 0 aromatic carbocycles. The maximum Gasteiger partial charge on any atom is 0.0677 e. The van der Waals surface area contributed by atoms with E-state index in [4.69, 9.17) is 0 Å². The van der Waals surface area contributed by atoms with E-state index in [1.54, 1.807) is 0 Å². The molecule has 0 aromatic heterocycles. The lowest BCUT2D eigenvalue weighted by Gasteiger charge is -2.38. The lowest BCUT2D eigenvalue weighted by molar-refractivity contribution is -0.0277. The Morgan fingerprint density at radius 1 is 1.31 bits per heavy atom. The molecule has 0 radical (unpaired) electrons. The third kappa shape index (κ3) is 3.28. The van der Waals surface area contributed by atoms with Crippen molar-refractivity contribution in [1.29, 1.82) is 0 Å². The highest BCUT2D eigenvalue weighted by Crippen LogP contribution is 2.35. The maximum absolute atomic E-state index is 10.3. The fourth-order valence-corrected chi connectivity index (χ4v) is 2.08. The van der Waals surface area contributed by atoms with E-state index < -0.39 is 5.60 Å². The Labute approximate surface area is 81.7 Å². The molecular formula is C11H23NO. The van der Waals surface area contributed by atoms with Crippen molar-refractivity contribution in [3.05, 3.63) is 0 Å². The smallest absolute Gasteiger partial charge is 0.0677 e. The van der Waals surface area contributed by atoms with Gasteiger partial charge in [0.2, 0.25) is 0 Å². The molecule has 0 atom stereocenters. The van der Waals surface area contributed by atoms with Crippen LogP contribution in [0.1, 0.15) is 46.5 Å². The summed E-state index contributed by atoms with van der Waals surface area (Å²) in [5, 5.41) is 13.6. The number of aliphatic hydroxyl groups is 1. The van der Waals surface area contributed by atoms with Crippen LogP contribution < -0.4 is 5.32 Å². The van der Waals surface area contributed by atoms with Gasteiger partial charge in [-0.15, -0.1) is 0 Å². The Hall–Kier alpha value is -0.0800. The molecule has 13 heavy (non-hydrogen) atoms. The predicted molar refractivity (Wildman–Crippen MR) is 55.7 cm³/mol. The van der Waals surface area contributed by atoms with Gasteiger partial charge in [-0.3, -0.25) is 0 Å². The molecule has 0 aliphatic carbocycles. The second-order valence-corrected chi connectivity index (χ2v) is 5.17. The zero-order valence-electron chi connectivity index (χ0n) is 9.19. The van der Waals surface area contributed by atoms with Crippen molar-refractivity contribution >= 4 is 0 Å². The van der Waals surface area contributed by atoms with Crippen molar-refractivity contribution in [3.63, 3.8) is 0 Å². The molecule has 1 aliphatic rings. The first-order valence-electron chi connectivity index (χ1n) is 5.41. The van der Waals surface area contributed by atoms with E-state index in [0.29, 0.717) is 0 Å². The fraction of sp³-hybridized carbons (Fsp3) is 1.00.